The molecule has 0 aliphatic carbocycles. The average molecular weight is 225 g/mol. The number of hydrogen-bond acceptors (Lipinski definition) is 4. The molecular formula is C11H19N3O2. The summed E-state index contributed by atoms with van der Waals surface area (Å²) in [5.41, 5.74) is -0.123. The fourth-order valence-corrected chi connectivity index (χ4v) is 1.43. The molecule has 0 aliphatic heterocycles. The zero-order valence-corrected chi connectivity index (χ0v) is 9.97. The topological polar surface area (TPSA) is 67.2 Å². The zero-order chi connectivity index (χ0) is 12.1. The molecule has 0 aromatic carbocycles. The summed E-state index contributed by atoms with van der Waals surface area (Å²) in [6.07, 6.45) is 3.88. The van der Waals surface area contributed by atoms with Crippen LogP contribution in [0.3, 0.4) is 0 Å². The van der Waals surface area contributed by atoms with E-state index >= 15 is 0 Å². The van der Waals surface area contributed by atoms with Gasteiger partial charge in [0.05, 0.1) is 0 Å². The van der Waals surface area contributed by atoms with Crippen LogP contribution in [0.5, 0.6) is 0 Å². The van der Waals surface area contributed by atoms with Crippen LogP contribution in [0.1, 0.15) is 33.2 Å². The van der Waals surface area contributed by atoms with Crippen LogP contribution in [0.15, 0.2) is 17.2 Å². The van der Waals surface area contributed by atoms with E-state index in [1.165, 1.54) is 0 Å². The second-order valence-corrected chi connectivity index (χ2v) is 4.14. The third-order valence-electron chi connectivity index (χ3n) is 2.37. The molecule has 0 saturated carbocycles. The third-order valence-corrected chi connectivity index (χ3v) is 2.37. The molecule has 0 amide bonds. The molecule has 0 fully saturated rings. The molecule has 1 aromatic rings. The lowest BCUT2D eigenvalue weighted by Gasteiger charge is -2.15. The van der Waals surface area contributed by atoms with Gasteiger partial charge in [-0.2, -0.15) is 0 Å². The molecule has 2 N–H and O–H groups in total. The number of nitrogens with one attached hydrogen (secondary N) is 1. The maximum Gasteiger partial charge on any atom is 0.293 e. The fourth-order valence-electron chi connectivity index (χ4n) is 1.43. The van der Waals surface area contributed by atoms with Crippen molar-refractivity contribution in [2.45, 2.75) is 39.3 Å². The van der Waals surface area contributed by atoms with E-state index in [1.54, 1.807) is 17.0 Å². The second kappa shape index (κ2) is 5.65. The summed E-state index contributed by atoms with van der Waals surface area (Å²) >= 11 is 0. The number of aliphatic hydroxyl groups is 1. The maximum atomic E-state index is 11.9. The minimum Gasteiger partial charge on any atom is -0.396 e. The standard InChI is InChI=1S/C11H19N3O2/c1-8(2)14-6-5-12-10(11(14)16)13-9(3)4-7-15/h5-6,8-9,15H,4,7H2,1-3H3,(H,12,13). The van der Waals surface area contributed by atoms with E-state index in [1.807, 2.05) is 20.8 Å². The van der Waals surface area contributed by atoms with Gasteiger partial charge in [0.25, 0.3) is 5.56 Å². The van der Waals surface area contributed by atoms with Gasteiger partial charge in [-0.15, -0.1) is 0 Å². The molecule has 1 rings (SSSR count). The molecule has 1 heterocycles. The number of aromatic nitrogens is 2. The lowest BCUT2D eigenvalue weighted by atomic mass is 10.2. The van der Waals surface area contributed by atoms with Crippen LogP contribution >= 0.6 is 0 Å². The molecule has 0 saturated heterocycles. The Morgan fingerprint density at radius 3 is 2.75 bits per heavy atom. The third kappa shape index (κ3) is 3.06. The lowest BCUT2D eigenvalue weighted by Crippen LogP contribution is -2.29. The molecule has 5 heteroatoms. The maximum absolute atomic E-state index is 11.9. The Kier molecular flexibility index (Phi) is 4.49. The Labute approximate surface area is 95.1 Å². The molecule has 1 aromatic heterocycles. The molecule has 5 nitrogen and oxygen atoms in total. The van der Waals surface area contributed by atoms with Crippen molar-refractivity contribution in [2.75, 3.05) is 11.9 Å². The van der Waals surface area contributed by atoms with Crippen LogP contribution in [0, 0.1) is 0 Å². The fraction of sp³-hybridized carbons (Fsp3) is 0.636. The van der Waals surface area contributed by atoms with Gasteiger partial charge in [0.2, 0.25) is 0 Å². The van der Waals surface area contributed by atoms with E-state index in [0.29, 0.717) is 12.2 Å². The van der Waals surface area contributed by atoms with E-state index in [9.17, 15) is 4.79 Å². The van der Waals surface area contributed by atoms with Crippen molar-refractivity contribution in [2.24, 2.45) is 0 Å². The van der Waals surface area contributed by atoms with Crippen LogP contribution in [0.25, 0.3) is 0 Å². The molecular weight excluding hydrogens is 206 g/mol. The number of aliphatic hydroxyl groups excluding tert-OH is 1. The Bertz CT molecular complexity index is 387. The summed E-state index contributed by atoms with van der Waals surface area (Å²) in [4.78, 5) is 15.9. The van der Waals surface area contributed by atoms with Gasteiger partial charge in [0, 0.05) is 31.1 Å². The van der Waals surface area contributed by atoms with E-state index < -0.39 is 0 Å². The van der Waals surface area contributed by atoms with E-state index in [2.05, 4.69) is 10.3 Å². The number of hydrogen-bond donors (Lipinski definition) is 2. The SMILES string of the molecule is CC(CCO)Nc1nccn(C(C)C)c1=O. The molecule has 1 unspecified atom stereocenters. The molecule has 0 radical (unpaired) electrons. The molecule has 0 bridgehead atoms. The zero-order valence-electron chi connectivity index (χ0n) is 9.97. The molecule has 90 valence electrons. The van der Waals surface area contributed by atoms with Crippen molar-refractivity contribution in [3.05, 3.63) is 22.7 Å². The molecule has 16 heavy (non-hydrogen) atoms. The summed E-state index contributed by atoms with van der Waals surface area (Å²) in [7, 11) is 0. The van der Waals surface area contributed by atoms with Gasteiger partial charge >= 0.3 is 0 Å². The minimum atomic E-state index is -0.123. The van der Waals surface area contributed by atoms with Gasteiger partial charge in [0.15, 0.2) is 5.82 Å². The Morgan fingerprint density at radius 1 is 1.50 bits per heavy atom. The van der Waals surface area contributed by atoms with Crippen LogP contribution < -0.4 is 10.9 Å². The first kappa shape index (κ1) is 12.7. The predicted octanol–water partition coefficient (Wildman–Crippen LogP) is 1.01. The summed E-state index contributed by atoms with van der Waals surface area (Å²) in [5.74, 6) is 0.345. The van der Waals surface area contributed by atoms with Gasteiger partial charge in [-0.3, -0.25) is 4.79 Å². The Hall–Kier alpha value is -1.36. The highest BCUT2D eigenvalue weighted by Gasteiger charge is 2.09. The van der Waals surface area contributed by atoms with Crippen LogP contribution in [-0.2, 0) is 0 Å². The lowest BCUT2D eigenvalue weighted by molar-refractivity contribution is 0.282. The van der Waals surface area contributed by atoms with Gasteiger partial charge in [-0.25, -0.2) is 4.98 Å². The minimum absolute atomic E-state index is 0.0354. The monoisotopic (exact) mass is 225 g/mol. The molecule has 0 aliphatic rings. The van der Waals surface area contributed by atoms with Crippen molar-refractivity contribution < 1.29 is 5.11 Å². The van der Waals surface area contributed by atoms with Crippen molar-refractivity contribution in [3.8, 4) is 0 Å². The average Bonchev–Trinajstić information content (AvgIpc) is 2.21. The van der Waals surface area contributed by atoms with Crippen molar-refractivity contribution >= 4 is 5.82 Å². The summed E-state index contributed by atoms with van der Waals surface area (Å²) in [5, 5.41) is 11.8. The van der Waals surface area contributed by atoms with Gasteiger partial charge in [-0.05, 0) is 27.2 Å². The summed E-state index contributed by atoms with van der Waals surface area (Å²) in [6, 6.07) is 0.150. The van der Waals surface area contributed by atoms with Gasteiger partial charge < -0.3 is 15.0 Å². The number of rotatable bonds is 5. The molecule has 0 spiro atoms. The Balaban J connectivity index is 2.89. The van der Waals surface area contributed by atoms with Crippen molar-refractivity contribution in [1.29, 1.82) is 0 Å². The van der Waals surface area contributed by atoms with Crippen LogP contribution in [0.4, 0.5) is 5.82 Å². The van der Waals surface area contributed by atoms with Gasteiger partial charge in [0.1, 0.15) is 0 Å². The predicted molar refractivity (Wildman–Crippen MR) is 63.7 cm³/mol. The highest BCUT2D eigenvalue weighted by molar-refractivity contribution is 5.32. The van der Waals surface area contributed by atoms with Crippen LogP contribution in [-0.4, -0.2) is 27.3 Å². The normalized spacial score (nSPS) is 12.8. The molecule has 1 atom stereocenters. The quantitative estimate of drug-likeness (QED) is 0.784. The highest BCUT2D eigenvalue weighted by Crippen LogP contribution is 2.03. The smallest absolute Gasteiger partial charge is 0.293 e. The van der Waals surface area contributed by atoms with E-state index in [4.69, 9.17) is 5.11 Å². The number of anilines is 1. The van der Waals surface area contributed by atoms with E-state index in [-0.39, 0.29) is 24.2 Å². The second-order valence-electron chi connectivity index (χ2n) is 4.14. The first-order valence-electron chi connectivity index (χ1n) is 5.50. The van der Waals surface area contributed by atoms with Gasteiger partial charge in [-0.1, -0.05) is 0 Å². The first-order chi connectivity index (χ1) is 7.56. The summed E-state index contributed by atoms with van der Waals surface area (Å²) < 4.78 is 1.63. The van der Waals surface area contributed by atoms with Crippen LogP contribution in [0.2, 0.25) is 0 Å². The summed E-state index contributed by atoms with van der Waals surface area (Å²) in [6.45, 7) is 5.90. The number of nitrogens with zero attached hydrogens (tertiary/aromatic N) is 2. The Morgan fingerprint density at radius 2 is 2.19 bits per heavy atom. The first-order valence-corrected chi connectivity index (χ1v) is 5.50. The van der Waals surface area contributed by atoms with Crippen molar-refractivity contribution in [3.63, 3.8) is 0 Å². The van der Waals surface area contributed by atoms with Crippen molar-refractivity contribution in [1.82, 2.24) is 9.55 Å². The van der Waals surface area contributed by atoms with E-state index in [0.717, 1.165) is 0 Å². The highest BCUT2D eigenvalue weighted by atomic mass is 16.3. The largest absolute Gasteiger partial charge is 0.396 e.